The van der Waals surface area contributed by atoms with Crippen LogP contribution in [0.5, 0.6) is 0 Å². The maximum Gasteiger partial charge on any atom is 0.500 e. The Morgan fingerprint density at radius 2 is 1.36 bits per heavy atom. The molecule has 1 aliphatic carbocycles. The number of hydrogen-bond acceptors (Lipinski definition) is 4. The summed E-state index contributed by atoms with van der Waals surface area (Å²) in [5.74, 6) is 1.05. The summed E-state index contributed by atoms with van der Waals surface area (Å²) in [6.45, 7) is 8.48. The van der Waals surface area contributed by atoms with E-state index in [1.165, 1.54) is 0 Å². The smallest absolute Gasteiger partial charge is 0.373 e. The van der Waals surface area contributed by atoms with Crippen molar-refractivity contribution in [2.45, 2.75) is 78.2 Å². The van der Waals surface area contributed by atoms with E-state index in [2.05, 4.69) is 20.8 Å². The Hall–Kier alpha value is -0.233. The van der Waals surface area contributed by atoms with E-state index >= 15 is 0 Å². The minimum atomic E-state index is -2.54. The van der Waals surface area contributed by atoms with Crippen LogP contribution in [0, 0.1) is 5.92 Å². The Kier molecular flexibility index (Phi) is 10.2. The second-order valence-corrected chi connectivity index (χ2v) is 8.98. The van der Waals surface area contributed by atoms with Crippen molar-refractivity contribution in [2.75, 3.05) is 19.8 Å². The van der Waals surface area contributed by atoms with E-state index in [1.54, 1.807) is 0 Å². The van der Waals surface area contributed by atoms with Crippen molar-refractivity contribution in [3.8, 4) is 0 Å². The Labute approximate surface area is 137 Å². The van der Waals surface area contributed by atoms with Gasteiger partial charge in [-0.15, -0.1) is 0 Å². The number of carbonyl (C=O) groups excluding carboxylic acids is 1. The zero-order chi connectivity index (χ0) is 16.3. The monoisotopic (exact) mass is 330 g/mol. The van der Waals surface area contributed by atoms with Crippen molar-refractivity contribution in [1.82, 2.24) is 0 Å². The zero-order valence-electron chi connectivity index (χ0n) is 14.7. The molecule has 1 aliphatic rings. The fourth-order valence-corrected chi connectivity index (χ4v) is 5.77. The van der Waals surface area contributed by atoms with Crippen molar-refractivity contribution in [1.29, 1.82) is 0 Å². The van der Waals surface area contributed by atoms with Gasteiger partial charge in [-0.3, -0.25) is 4.79 Å². The summed E-state index contributed by atoms with van der Waals surface area (Å²) in [6.07, 6.45) is 7.57. The molecule has 1 fully saturated rings. The molecule has 4 nitrogen and oxygen atoms in total. The highest BCUT2D eigenvalue weighted by atomic mass is 28.4. The maximum atomic E-state index is 11.4. The number of Topliss-reactive ketones (excluding diaryl/α,β-unsaturated/α-hetero) is 1. The number of rotatable bonds is 12. The normalized spacial score (nSPS) is 17.1. The first kappa shape index (κ1) is 19.8. The molecule has 5 heteroatoms. The van der Waals surface area contributed by atoms with Crippen LogP contribution in [0.4, 0.5) is 0 Å². The standard InChI is InChI=1S/C17H34O4Si/c1-4-12-19-22(20-13-5-2,21-14-6-3)15-11-16-7-9-17(18)10-8-16/h16H,4-15H2,1-3H3. The quantitative estimate of drug-likeness (QED) is 0.499. The van der Waals surface area contributed by atoms with Crippen LogP contribution in [0.1, 0.15) is 72.1 Å². The molecule has 1 saturated carbocycles. The van der Waals surface area contributed by atoms with Gasteiger partial charge in [0, 0.05) is 38.7 Å². The summed E-state index contributed by atoms with van der Waals surface area (Å²) in [7, 11) is -2.54. The summed E-state index contributed by atoms with van der Waals surface area (Å²) in [5, 5.41) is 0. The minimum Gasteiger partial charge on any atom is -0.373 e. The molecule has 22 heavy (non-hydrogen) atoms. The summed E-state index contributed by atoms with van der Waals surface area (Å²) in [6, 6.07) is 0.895. The van der Waals surface area contributed by atoms with E-state index in [0.29, 0.717) is 31.5 Å². The Morgan fingerprint density at radius 1 is 0.909 bits per heavy atom. The van der Waals surface area contributed by atoms with Gasteiger partial charge in [0.25, 0.3) is 0 Å². The highest BCUT2D eigenvalue weighted by Crippen LogP contribution is 2.30. The molecule has 0 spiro atoms. The van der Waals surface area contributed by atoms with Crippen molar-refractivity contribution in [3.63, 3.8) is 0 Å². The first-order valence-electron chi connectivity index (χ1n) is 9.09. The highest BCUT2D eigenvalue weighted by Gasteiger charge is 2.41. The topological polar surface area (TPSA) is 44.8 Å². The van der Waals surface area contributed by atoms with Gasteiger partial charge in [0.1, 0.15) is 5.78 Å². The molecule has 1 rings (SSSR count). The van der Waals surface area contributed by atoms with Gasteiger partial charge in [0.15, 0.2) is 0 Å². The number of ketones is 1. The molecule has 0 radical (unpaired) electrons. The Bertz CT molecular complexity index is 277. The Balaban J connectivity index is 2.57. The van der Waals surface area contributed by atoms with E-state index in [0.717, 1.165) is 57.4 Å². The highest BCUT2D eigenvalue weighted by molar-refractivity contribution is 6.60. The third-order valence-corrected chi connectivity index (χ3v) is 6.93. The first-order valence-corrected chi connectivity index (χ1v) is 11.0. The fraction of sp³-hybridized carbons (Fsp3) is 0.941. The molecule has 130 valence electrons. The van der Waals surface area contributed by atoms with Crippen LogP contribution in [0.2, 0.25) is 6.04 Å². The molecule has 0 aromatic heterocycles. The van der Waals surface area contributed by atoms with Crippen LogP contribution in [-0.2, 0) is 18.1 Å². The van der Waals surface area contributed by atoms with Gasteiger partial charge in [-0.05, 0) is 44.4 Å². The molecule has 0 aromatic rings. The fourth-order valence-electron chi connectivity index (χ4n) is 2.78. The summed E-state index contributed by atoms with van der Waals surface area (Å²) >= 11 is 0. The van der Waals surface area contributed by atoms with E-state index < -0.39 is 8.80 Å². The lowest BCUT2D eigenvalue weighted by Crippen LogP contribution is -2.47. The number of hydrogen-bond donors (Lipinski definition) is 0. The van der Waals surface area contributed by atoms with Crippen molar-refractivity contribution in [3.05, 3.63) is 0 Å². The van der Waals surface area contributed by atoms with Crippen LogP contribution < -0.4 is 0 Å². The van der Waals surface area contributed by atoms with E-state index in [9.17, 15) is 4.79 Å². The lowest BCUT2D eigenvalue weighted by atomic mass is 9.87. The second-order valence-electron chi connectivity index (χ2n) is 6.25. The summed E-state index contributed by atoms with van der Waals surface area (Å²) < 4.78 is 18.4. The third-order valence-electron chi connectivity index (χ3n) is 4.10. The molecule has 0 saturated heterocycles. The van der Waals surface area contributed by atoms with Crippen LogP contribution in [0.25, 0.3) is 0 Å². The largest absolute Gasteiger partial charge is 0.500 e. The van der Waals surface area contributed by atoms with Gasteiger partial charge in [-0.2, -0.15) is 0 Å². The first-order chi connectivity index (χ1) is 10.7. The molecule has 0 heterocycles. The van der Waals surface area contributed by atoms with Gasteiger partial charge in [0.2, 0.25) is 0 Å². The lowest BCUT2D eigenvalue weighted by molar-refractivity contribution is -0.121. The molecule has 0 aromatic carbocycles. The van der Waals surface area contributed by atoms with Crippen LogP contribution in [-0.4, -0.2) is 34.4 Å². The molecular formula is C17H34O4Si. The molecule has 0 atom stereocenters. The Morgan fingerprint density at radius 3 is 1.77 bits per heavy atom. The molecule has 0 N–H and O–H groups in total. The van der Waals surface area contributed by atoms with Gasteiger partial charge in [-0.1, -0.05) is 20.8 Å². The molecule has 0 unspecified atom stereocenters. The van der Waals surface area contributed by atoms with Crippen molar-refractivity contribution < 1.29 is 18.1 Å². The van der Waals surface area contributed by atoms with Crippen LogP contribution >= 0.6 is 0 Å². The third kappa shape index (κ3) is 7.35. The lowest BCUT2D eigenvalue weighted by Gasteiger charge is -2.31. The summed E-state index contributed by atoms with van der Waals surface area (Å²) in [5.41, 5.74) is 0. The average Bonchev–Trinajstić information content (AvgIpc) is 2.55. The zero-order valence-corrected chi connectivity index (χ0v) is 15.7. The van der Waals surface area contributed by atoms with E-state index in [4.69, 9.17) is 13.3 Å². The van der Waals surface area contributed by atoms with Gasteiger partial charge in [0.05, 0.1) is 0 Å². The van der Waals surface area contributed by atoms with Crippen LogP contribution in [0.3, 0.4) is 0 Å². The van der Waals surface area contributed by atoms with Gasteiger partial charge in [-0.25, -0.2) is 0 Å². The van der Waals surface area contributed by atoms with Gasteiger partial charge >= 0.3 is 8.80 Å². The molecular weight excluding hydrogens is 296 g/mol. The van der Waals surface area contributed by atoms with Crippen molar-refractivity contribution >= 4 is 14.6 Å². The van der Waals surface area contributed by atoms with E-state index in [1.807, 2.05) is 0 Å². The predicted molar refractivity (Wildman–Crippen MR) is 90.9 cm³/mol. The van der Waals surface area contributed by atoms with Crippen molar-refractivity contribution in [2.24, 2.45) is 5.92 Å². The molecule has 0 aliphatic heterocycles. The SMILES string of the molecule is CCCO[Si](CCC1CCC(=O)CC1)(OCCC)OCCC. The second kappa shape index (κ2) is 11.3. The molecule has 0 amide bonds. The van der Waals surface area contributed by atoms with Crippen LogP contribution in [0.15, 0.2) is 0 Å². The maximum absolute atomic E-state index is 11.4. The summed E-state index contributed by atoms with van der Waals surface area (Å²) in [4.78, 5) is 11.4. The predicted octanol–water partition coefficient (Wildman–Crippen LogP) is 4.35. The molecule has 0 bridgehead atoms. The van der Waals surface area contributed by atoms with Gasteiger partial charge < -0.3 is 13.3 Å². The number of carbonyl (C=O) groups is 1. The van der Waals surface area contributed by atoms with E-state index in [-0.39, 0.29) is 0 Å². The minimum absolute atomic E-state index is 0.423. The average molecular weight is 331 g/mol.